The summed E-state index contributed by atoms with van der Waals surface area (Å²) in [5.74, 6) is 1.41. The summed E-state index contributed by atoms with van der Waals surface area (Å²) in [6, 6.07) is 14.6. The molecule has 4 rings (SSSR count). The second kappa shape index (κ2) is 14.9. The van der Waals surface area contributed by atoms with E-state index in [2.05, 4.69) is 49.5 Å². The van der Waals surface area contributed by atoms with Gasteiger partial charge in [0.25, 0.3) is 0 Å². The molecule has 1 aliphatic rings. The number of hydrogen-bond donors (Lipinski definition) is 1. The van der Waals surface area contributed by atoms with Gasteiger partial charge >= 0.3 is 12.0 Å². The summed E-state index contributed by atoms with van der Waals surface area (Å²) in [5, 5.41) is 4.93. The van der Waals surface area contributed by atoms with Crippen LogP contribution in [0.5, 0.6) is 5.75 Å². The molecule has 1 atom stereocenters. The van der Waals surface area contributed by atoms with E-state index in [1.165, 1.54) is 26.4 Å². The van der Waals surface area contributed by atoms with Crippen molar-refractivity contribution >= 4 is 23.0 Å². The lowest BCUT2D eigenvalue weighted by Crippen LogP contribution is -2.48. The van der Waals surface area contributed by atoms with E-state index in [9.17, 15) is 9.59 Å². The number of carbonyl (C=O) groups is 2. The molecule has 0 radical (unpaired) electrons. The van der Waals surface area contributed by atoms with E-state index in [1.54, 1.807) is 5.01 Å². The van der Waals surface area contributed by atoms with Crippen molar-refractivity contribution in [3.8, 4) is 5.75 Å². The standard InChI is InChI=1S/C33H46N4O4/c1-5-7-14-31-35-29-22-25(17-20-30(29)37(31)36(3)33(39)34-26-12-9-8-10-13-26)21-24-15-18-27(19-16-24)41-28(11-6-2)23-32(38)40-4/h15-20,22,26,28H,5-14,21,23H2,1-4H3,(H,34,39). The number of urea groups is 1. The number of nitrogens with one attached hydrogen (secondary N) is 1. The average molecular weight is 563 g/mol. The largest absolute Gasteiger partial charge is 0.490 e. The maximum absolute atomic E-state index is 13.2. The summed E-state index contributed by atoms with van der Waals surface area (Å²) >= 11 is 0. The van der Waals surface area contributed by atoms with Crippen LogP contribution in [0, 0.1) is 0 Å². The van der Waals surface area contributed by atoms with Crippen molar-refractivity contribution < 1.29 is 19.1 Å². The lowest BCUT2D eigenvalue weighted by molar-refractivity contribution is -0.142. The Morgan fingerprint density at radius 3 is 2.46 bits per heavy atom. The third-order valence-corrected chi connectivity index (χ3v) is 7.91. The molecule has 0 aliphatic heterocycles. The number of imidazole rings is 1. The van der Waals surface area contributed by atoms with Crippen molar-refractivity contribution in [1.82, 2.24) is 15.0 Å². The maximum atomic E-state index is 13.2. The number of fused-ring (bicyclic) bond motifs is 1. The third kappa shape index (κ3) is 8.24. The van der Waals surface area contributed by atoms with Gasteiger partial charge in [0.2, 0.25) is 0 Å². The van der Waals surface area contributed by atoms with Gasteiger partial charge in [-0.2, -0.15) is 0 Å². The fourth-order valence-electron chi connectivity index (χ4n) is 5.62. The van der Waals surface area contributed by atoms with Gasteiger partial charge in [0, 0.05) is 19.5 Å². The number of methoxy groups -OCH3 is 1. The van der Waals surface area contributed by atoms with Gasteiger partial charge in [-0.3, -0.25) is 4.79 Å². The first-order valence-electron chi connectivity index (χ1n) is 15.3. The van der Waals surface area contributed by atoms with Gasteiger partial charge in [-0.25, -0.2) is 19.5 Å². The molecule has 1 unspecified atom stereocenters. The number of amides is 2. The molecule has 222 valence electrons. The van der Waals surface area contributed by atoms with Crippen LogP contribution in [0.4, 0.5) is 4.79 Å². The fourth-order valence-corrected chi connectivity index (χ4v) is 5.62. The molecule has 1 heterocycles. The minimum Gasteiger partial charge on any atom is -0.490 e. The third-order valence-electron chi connectivity index (χ3n) is 7.91. The maximum Gasteiger partial charge on any atom is 0.336 e. The predicted molar refractivity (Wildman–Crippen MR) is 163 cm³/mol. The molecule has 8 nitrogen and oxygen atoms in total. The van der Waals surface area contributed by atoms with Crippen molar-refractivity contribution in [3.63, 3.8) is 0 Å². The zero-order valence-electron chi connectivity index (χ0n) is 25.2. The van der Waals surface area contributed by atoms with Crippen molar-refractivity contribution in [1.29, 1.82) is 0 Å². The topological polar surface area (TPSA) is 85.7 Å². The molecule has 3 aromatic rings. The number of unbranched alkanes of at least 4 members (excludes halogenated alkanes) is 1. The molecule has 0 spiro atoms. The number of carbonyl (C=O) groups excluding carboxylic acids is 2. The Bertz CT molecular complexity index is 1280. The minimum atomic E-state index is -0.258. The number of ether oxygens (including phenoxy) is 2. The Balaban J connectivity index is 1.48. The van der Waals surface area contributed by atoms with Gasteiger partial charge in [0.15, 0.2) is 0 Å². The minimum absolute atomic E-state index is 0.0758. The van der Waals surface area contributed by atoms with E-state index in [4.69, 9.17) is 14.5 Å². The van der Waals surface area contributed by atoms with E-state index in [-0.39, 0.29) is 30.6 Å². The zero-order valence-corrected chi connectivity index (χ0v) is 25.2. The van der Waals surface area contributed by atoms with Crippen LogP contribution in [0.15, 0.2) is 42.5 Å². The van der Waals surface area contributed by atoms with Crippen LogP contribution in [-0.2, 0) is 22.4 Å². The Kier molecular flexibility index (Phi) is 11.0. The van der Waals surface area contributed by atoms with E-state index in [0.717, 1.165) is 85.1 Å². The van der Waals surface area contributed by atoms with E-state index >= 15 is 0 Å². The highest BCUT2D eigenvalue weighted by Crippen LogP contribution is 2.24. The number of aromatic nitrogens is 2. The highest BCUT2D eigenvalue weighted by molar-refractivity contribution is 5.87. The SMILES string of the molecule is CCCCc1nc2cc(Cc3ccc(OC(CCC)CC(=O)OC)cc3)ccc2n1N(C)C(=O)NC1CCCCC1. The van der Waals surface area contributed by atoms with Crippen LogP contribution in [0.3, 0.4) is 0 Å². The van der Waals surface area contributed by atoms with E-state index in [1.807, 2.05) is 23.9 Å². The Morgan fingerprint density at radius 2 is 1.78 bits per heavy atom. The molecule has 1 N–H and O–H groups in total. The Labute approximate surface area is 244 Å². The van der Waals surface area contributed by atoms with Crippen molar-refractivity contribution in [3.05, 3.63) is 59.4 Å². The summed E-state index contributed by atoms with van der Waals surface area (Å²) < 4.78 is 12.9. The summed E-state index contributed by atoms with van der Waals surface area (Å²) in [6.07, 6.45) is 11.1. The first-order chi connectivity index (χ1) is 19.9. The molecule has 8 heteroatoms. The van der Waals surface area contributed by atoms with Gasteiger partial charge in [-0.15, -0.1) is 0 Å². The first kappa shape index (κ1) is 30.4. The van der Waals surface area contributed by atoms with Gasteiger partial charge in [0.1, 0.15) is 17.7 Å². The summed E-state index contributed by atoms with van der Waals surface area (Å²) in [6.45, 7) is 4.25. The van der Waals surface area contributed by atoms with Crippen molar-refractivity contribution in [2.45, 2.75) is 103 Å². The highest BCUT2D eigenvalue weighted by atomic mass is 16.5. The van der Waals surface area contributed by atoms with Crippen LogP contribution >= 0.6 is 0 Å². The predicted octanol–water partition coefficient (Wildman–Crippen LogP) is 6.69. The number of rotatable bonds is 13. The molecule has 0 bridgehead atoms. The number of aryl methyl sites for hydroxylation is 1. The second-order valence-electron chi connectivity index (χ2n) is 11.2. The molecule has 1 fully saturated rings. The Hall–Kier alpha value is -3.55. The average Bonchev–Trinajstić information content (AvgIpc) is 3.34. The quantitative estimate of drug-likeness (QED) is 0.235. The Morgan fingerprint density at radius 1 is 1.05 bits per heavy atom. The van der Waals surface area contributed by atoms with Crippen LogP contribution in [0.25, 0.3) is 11.0 Å². The van der Waals surface area contributed by atoms with Gasteiger partial charge in [0.05, 0.1) is 24.6 Å². The van der Waals surface area contributed by atoms with Gasteiger partial charge < -0.3 is 14.8 Å². The summed E-state index contributed by atoms with van der Waals surface area (Å²) in [7, 11) is 3.24. The molecule has 0 saturated heterocycles. The number of nitrogens with zero attached hydrogens (tertiary/aromatic N) is 3. The normalized spacial score (nSPS) is 14.5. The molecule has 41 heavy (non-hydrogen) atoms. The zero-order chi connectivity index (χ0) is 29.2. The van der Waals surface area contributed by atoms with E-state index < -0.39 is 0 Å². The van der Waals surface area contributed by atoms with Crippen LogP contribution in [0.2, 0.25) is 0 Å². The molecule has 1 aliphatic carbocycles. The molecular formula is C33H46N4O4. The molecule has 2 amide bonds. The lowest BCUT2D eigenvalue weighted by Gasteiger charge is -2.27. The highest BCUT2D eigenvalue weighted by Gasteiger charge is 2.22. The molecule has 1 saturated carbocycles. The second-order valence-corrected chi connectivity index (χ2v) is 11.2. The lowest BCUT2D eigenvalue weighted by atomic mass is 9.96. The van der Waals surface area contributed by atoms with Crippen LogP contribution in [0.1, 0.15) is 95.0 Å². The van der Waals surface area contributed by atoms with Gasteiger partial charge in [-0.05, 0) is 67.5 Å². The van der Waals surface area contributed by atoms with Crippen molar-refractivity contribution in [2.75, 3.05) is 19.2 Å². The first-order valence-corrected chi connectivity index (χ1v) is 15.3. The number of benzene rings is 2. The smallest absolute Gasteiger partial charge is 0.336 e. The van der Waals surface area contributed by atoms with Crippen LogP contribution in [-0.4, -0.2) is 48.0 Å². The van der Waals surface area contributed by atoms with Crippen molar-refractivity contribution in [2.24, 2.45) is 0 Å². The fraction of sp³-hybridized carbons (Fsp3) is 0.545. The summed E-state index contributed by atoms with van der Waals surface area (Å²) in [4.78, 5) is 29.9. The number of hydrogen-bond acceptors (Lipinski definition) is 5. The van der Waals surface area contributed by atoms with E-state index in [0.29, 0.717) is 0 Å². The molecule has 1 aromatic heterocycles. The summed E-state index contributed by atoms with van der Waals surface area (Å²) in [5.41, 5.74) is 4.15. The molecular weight excluding hydrogens is 516 g/mol. The number of esters is 1. The molecule has 2 aromatic carbocycles. The van der Waals surface area contributed by atoms with Gasteiger partial charge in [-0.1, -0.05) is 64.2 Å². The van der Waals surface area contributed by atoms with Crippen LogP contribution < -0.4 is 15.1 Å². The monoisotopic (exact) mass is 562 g/mol.